The summed E-state index contributed by atoms with van der Waals surface area (Å²) in [5.41, 5.74) is 0.794. The summed E-state index contributed by atoms with van der Waals surface area (Å²) in [5, 5.41) is 8.79. The van der Waals surface area contributed by atoms with Gasteiger partial charge in [0, 0.05) is 11.8 Å². The fraction of sp³-hybridized carbons (Fsp3) is 0.375. The first-order chi connectivity index (χ1) is 6.65. The van der Waals surface area contributed by atoms with Crippen LogP contribution < -0.4 is 5.32 Å². The van der Waals surface area contributed by atoms with Crippen molar-refractivity contribution in [1.82, 2.24) is 15.5 Å². The van der Waals surface area contributed by atoms with Crippen molar-refractivity contribution in [3.8, 4) is 0 Å². The second-order valence-corrected chi connectivity index (χ2v) is 2.72. The molecule has 1 unspecified atom stereocenters. The van der Waals surface area contributed by atoms with E-state index in [4.69, 9.17) is 0 Å². The summed E-state index contributed by atoms with van der Waals surface area (Å²) in [5.74, 6) is -1.67. The zero-order chi connectivity index (χ0) is 10.6. The summed E-state index contributed by atoms with van der Waals surface area (Å²) in [6.45, 7) is 1.74. The van der Waals surface area contributed by atoms with E-state index in [2.05, 4.69) is 20.3 Å². The number of H-pyrrole nitrogens is 1. The predicted octanol–water partition coefficient (Wildman–Crippen LogP) is -0.240. The van der Waals surface area contributed by atoms with Crippen molar-refractivity contribution in [2.24, 2.45) is 0 Å². The maximum Gasteiger partial charge on any atom is 0.396 e. The minimum Gasteiger partial charge on any atom is -0.462 e. The number of methoxy groups -OCH3 is 1. The van der Waals surface area contributed by atoms with Crippen LogP contribution in [-0.2, 0) is 14.3 Å². The van der Waals surface area contributed by atoms with E-state index in [-0.39, 0.29) is 6.04 Å². The number of amides is 1. The zero-order valence-electron chi connectivity index (χ0n) is 7.90. The quantitative estimate of drug-likeness (QED) is 0.506. The van der Waals surface area contributed by atoms with Crippen molar-refractivity contribution in [3.05, 3.63) is 18.0 Å². The van der Waals surface area contributed by atoms with Crippen LogP contribution in [-0.4, -0.2) is 29.2 Å². The largest absolute Gasteiger partial charge is 0.462 e. The van der Waals surface area contributed by atoms with Crippen molar-refractivity contribution in [2.45, 2.75) is 13.0 Å². The molecule has 0 aromatic carbocycles. The summed E-state index contributed by atoms with van der Waals surface area (Å²) < 4.78 is 4.26. The van der Waals surface area contributed by atoms with Crippen LogP contribution >= 0.6 is 0 Å². The van der Waals surface area contributed by atoms with Gasteiger partial charge in [-0.25, -0.2) is 4.79 Å². The highest BCUT2D eigenvalue weighted by atomic mass is 16.5. The Kier molecular flexibility index (Phi) is 3.22. The first-order valence-electron chi connectivity index (χ1n) is 4.02. The smallest absolute Gasteiger partial charge is 0.396 e. The maximum absolute atomic E-state index is 11.1. The summed E-state index contributed by atoms with van der Waals surface area (Å²) in [6.07, 6.45) is 3.21. The highest BCUT2D eigenvalue weighted by molar-refractivity contribution is 6.32. The molecule has 6 nitrogen and oxygen atoms in total. The number of nitrogens with zero attached hydrogens (tertiary/aromatic N) is 1. The molecule has 0 saturated heterocycles. The van der Waals surface area contributed by atoms with Gasteiger partial charge < -0.3 is 10.1 Å². The molecule has 0 aliphatic rings. The lowest BCUT2D eigenvalue weighted by molar-refractivity contribution is -0.153. The van der Waals surface area contributed by atoms with Crippen molar-refractivity contribution < 1.29 is 14.3 Å². The average Bonchev–Trinajstić information content (AvgIpc) is 2.69. The van der Waals surface area contributed by atoms with Gasteiger partial charge in [0.05, 0.1) is 19.3 Å². The van der Waals surface area contributed by atoms with E-state index in [1.54, 1.807) is 19.3 Å². The Morgan fingerprint density at radius 1 is 1.64 bits per heavy atom. The van der Waals surface area contributed by atoms with Crippen molar-refractivity contribution in [1.29, 1.82) is 0 Å². The van der Waals surface area contributed by atoms with E-state index in [0.29, 0.717) is 0 Å². The third-order valence-corrected chi connectivity index (χ3v) is 1.74. The van der Waals surface area contributed by atoms with Crippen molar-refractivity contribution in [2.75, 3.05) is 7.11 Å². The average molecular weight is 197 g/mol. The summed E-state index contributed by atoms with van der Waals surface area (Å²) >= 11 is 0. The maximum atomic E-state index is 11.1. The van der Waals surface area contributed by atoms with Gasteiger partial charge >= 0.3 is 11.9 Å². The predicted molar refractivity (Wildman–Crippen MR) is 47.2 cm³/mol. The molecule has 0 spiro atoms. The summed E-state index contributed by atoms with van der Waals surface area (Å²) in [4.78, 5) is 21.8. The molecule has 1 heterocycles. The third kappa shape index (κ3) is 2.32. The van der Waals surface area contributed by atoms with Gasteiger partial charge in [-0.1, -0.05) is 0 Å². The second-order valence-electron chi connectivity index (χ2n) is 2.72. The molecule has 0 bridgehead atoms. The molecule has 0 fully saturated rings. The van der Waals surface area contributed by atoms with Crippen molar-refractivity contribution in [3.63, 3.8) is 0 Å². The Balaban J connectivity index is 2.53. The molecule has 1 amide bonds. The molecule has 1 aromatic heterocycles. The van der Waals surface area contributed by atoms with Gasteiger partial charge in [0.2, 0.25) is 0 Å². The summed E-state index contributed by atoms with van der Waals surface area (Å²) in [6, 6.07) is -0.277. The van der Waals surface area contributed by atoms with E-state index in [1.165, 1.54) is 0 Å². The number of aromatic nitrogens is 2. The third-order valence-electron chi connectivity index (χ3n) is 1.74. The summed E-state index contributed by atoms with van der Waals surface area (Å²) in [7, 11) is 1.16. The highest BCUT2D eigenvalue weighted by Gasteiger charge is 2.17. The molecule has 0 saturated carbocycles. The van der Waals surface area contributed by atoms with Crippen LogP contribution in [0.2, 0.25) is 0 Å². The number of hydrogen-bond acceptors (Lipinski definition) is 4. The van der Waals surface area contributed by atoms with Crippen LogP contribution in [0, 0.1) is 0 Å². The fourth-order valence-electron chi connectivity index (χ4n) is 0.929. The van der Waals surface area contributed by atoms with Crippen LogP contribution in [0.1, 0.15) is 18.5 Å². The molecule has 1 aromatic rings. The number of carbonyl (C=O) groups is 2. The molecular formula is C8H11N3O3. The first-order valence-corrected chi connectivity index (χ1v) is 4.02. The van der Waals surface area contributed by atoms with Gasteiger partial charge in [0.15, 0.2) is 0 Å². The molecule has 76 valence electrons. The van der Waals surface area contributed by atoms with Gasteiger partial charge in [-0.3, -0.25) is 9.89 Å². The lowest BCUT2D eigenvalue weighted by atomic mass is 10.2. The Bertz CT molecular complexity index is 321. The normalized spacial score (nSPS) is 11.9. The molecule has 0 aliphatic carbocycles. The molecule has 2 N–H and O–H groups in total. The SMILES string of the molecule is COC(=O)C(=O)NC(C)c1cn[nH]c1. The minimum absolute atomic E-state index is 0.277. The van der Waals surface area contributed by atoms with Gasteiger partial charge in [-0.2, -0.15) is 5.10 Å². The van der Waals surface area contributed by atoms with Gasteiger partial charge in [-0.05, 0) is 6.92 Å². The van der Waals surface area contributed by atoms with Gasteiger partial charge in [0.1, 0.15) is 0 Å². The van der Waals surface area contributed by atoms with E-state index < -0.39 is 11.9 Å². The van der Waals surface area contributed by atoms with Crippen LogP contribution in [0.3, 0.4) is 0 Å². The van der Waals surface area contributed by atoms with Crippen LogP contribution in [0.25, 0.3) is 0 Å². The van der Waals surface area contributed by atoms with E-state index >= 15 is 0 Å². The topological polar surface area (TPSA) is 84.1 Å². The highest BCUT2D eigenvalue weighted by Crippen LogP contribution is 2.08. The lowest BCUT2D eigenvalue weighted by Gasteiger charge is -2.09. The Hall–Kier alpha value is -1.85. The molecule has 0 aliphatic heterocycles. The van der Waals surface area contributed by atoms with Crippen LogP contribution in [0.5, 0.6) is 0 Å². The fourth-order valence-corrected chi connectivity index (χ4v) is 0.929. The minimum atomic E-state index is -0.902. The number of rotatable bonds is 2. The molecular weight excluding hydrogens is 186 g/mol. The number of ether oxygens (including phenoxy) is 1. The standard InChI is InChI=1S/C8H11N3O3/c1-5(6-3-9-10-4-6)11-7(12)8(13)14-2/h3-5H,1-2H3,(H,9,10)(H,11,12). The lowest BCUT2D eigenvalue weighted by Crippen LogP contribution is -2.33. The molecule has 14 heavy (non-hydrogen) atoms. The Labute approximate surface area is 80.6 Å². The number of carbonyl (C=O) groups excluding carboxylic acids is 2. The van der Waals surface area contributed by atoms with Crippen LogP contribution in [0.4, 0.5) is 0 Å². The van der Waals surface area contributed by atoms with E-state index in [0.717, 1.165) is 12.7 Å². The monoisotopic (exact) mass is 197 g/mol. The Morgan fingerprint density at radius 2 is 2.36 bits per heavy atom. The number of nitrogens with one attached hydrogen (secondary N) is 2. The number of hydrogen-bond donors (Lipinski definition) is 2. The van der Waals surface area contributed by atoms with E-state index in [9.17, 15) is 9.59 Å². The molecule has 1 atom stereocenters. The molecule has 0 radical (unpaired) electrons. The molecule has 1 rings (SSSR count). The zero-order valence-corrected chi connectivity index (χ0v) is 7.90. The molecule has 6 heteroatoms. The number of aromatic amines is 1. The Morgan fingerprint density at radius 3 is 2.86 bits per heavy atom. The number of esters is 1. The van der Waals surface area contributed by atoms with Gasteiger partial charge in [-0.15, -0.1) is 0 Å². The van der Waals surface area contributed by atoms with Gasteiger partial charge in [0.25, 0.3) is 0 Å². The van der Waals surface area contributed by atoms with E-state index in [1.807, 2.05) is 0 Å². The second kappa shape index (κ2) is 4.40. The van der Waals surface area contributed by atoms with Crippen LogP contribution in [0.15, 0.2) is 12.4 Å². The van der Waals surface area contributed by atoms with Crippen molar-refractivity contribution >= 4 is 11.9 Å². The first kappa shape index (κ1) is 10.2.